The summed E-state index contributed by atoms with van der Waals surface area (Å²) in [5.41, 5.74) is 0.966. The van der Waals surface area contributed by atoms with E-state index in [-0.39, 0.29) is 6.04 Å². The van der Waals surface area contributed by atoms with Crippen molar-refractivity contribution < 1.29 is 4.42 Å². The van der Waals surface area contributed by atoms with Crippen LogP contribution < -0.4 is 5.32 Å². The van der Waals surface area contributed by atoms with Gasteiger partial charge in [-0.1, -0.05) is 15.9 Å². The highest BCUT2D eigenvalue weighted by Gasteiger charge is 2.22. The number of benzene rings is 1. The van der Waals surface area contributed by atoms with Crippen LogP contribution in [0.4, 0.5) is 0 Å². The van der Waals surface area contributed by atoms with Crippen molar-refractivity contribution in [2.75, 3.05) is 6.26 Å². The normalized spacial score (nSPS) is 24.3. The number of hydrogen-bond acceptors (Lipinski definition) is 3. The smallest absolute Gasteiger partial charge is 0.134 e. The first-order chi connectivity index (χ1) is 10.2. The van der Waals surface area contributed by atoms with E-state index in [1.807, 2.05) is 23.9 Å². The van der Waals surface area contributed by atoms with Gasteiger partial charge in [-0.05, 0) is 63.1 Å². The molecule has 0 radical (unpaired) electrons. The van der Waals surface area contributed by atoms with Gasteiger partial charge in [0.2, 0.25) is 0 Å². The monoisotopic (exact) mass is 367 g/mol. The molecule has 1 atom stereocenters. The fourth-order valence-corrected chi connectivity index (χ4v) is 4.27. The van der Waals surface area contributed by atoms with E-state index >= 15 is 0 Å². The van der Waals surface area contributed by atoms with E-state index in [4.69, 9.17) is 4.42 Å². The van der Waals surface area contributed by atoms with E-state index in [2.05, 4.69) is 46.6 Å². The van der Waals surface area contributed by atoms with Crippen LogP contribution in [-0.4, -0.2) is 17.5 Å². The molecule has 0 bridgehead atoms. The van der Waals surface area contributed by atoms with Crippen molar-refractivity contribution in [2.24, 2.45) is 0 Å². The van der Waals surface area contributed by atoms with E-state index in [1.165, 1.54) is 31.1 Å². The van der Waals surface area contributed by atoms with Crippen LogP contribution in [0.1, 0.15) is 44.4 Å². The molecule has 4 heteroatoms. The lowest BCUT2D eigenvalue weighted by atomic mass is 9.94. The van der Waals surface area contributed by atoms with Gasteiger partial charge in [-0.3, -0.25) is 0 Å². The highest BCUT2D eigenvalue weighted by atomic mass is 79.9. The van der Waals surface area contributed by atoms with Crippen LogP contribution in [-0.2, 0) is 0 Å². The van der Waals surface area contributed by atoms with E-state index < -0.39 is 0 Å². The zero-order chi connectivity index (χ0) is 14.8. The van der Waals surface area contributed by atoms with Gasteiger partial charge in [0.15, 0.2) is 0 Å². The van der Waals surface area contributed by atoms with Gasteiger partial charge in [0.05, 0.1) is 6.04 Å². The molecule has 1 unspecified atom stereocenters. The number of fused-ring (bicyclic) bond motifs is 1. The molecule has 1 aromatic carbocycles. The number of nitrogens with one attached hydrogen (secondary N) is 1. The maximum absolute atomic E-state index is 5.98. The minimum Gasteiger partial charge on any atom is -0.459 e. The van der Waals surface area contributed by atoms with E-state index in [1.54, 1.807) is 0 Å². The lowest BCUT2D eigenvalue weighted by molar-refractivity contribution is 0.331. The Hall–Kier alpha value is -0.450. The Morgan fingerprint density at radius 3 is 2.71 bits per heavy atom. The lowest BCUT2D eigenvalue weighted by Gasteiger charge is -2.29. The third kappa shape index (κ3) is 3.66. The molecule has 21 heavy (non-hydrogen) atoms. The number of hydrogen-bond donors (Lipinski definition) is 1. The standard InChI is InChI=1S/C17H22BrNOS/c1-11(19-14-4-6-15(21-2)7-5-14)17-10-12-9-13(18)3-8-16(12)20-17/h3,8-11,14-15,19H,4-7H2,1-2H3. The van der Waals surface area contributed by atoms with Gasteiger partial charge >= 0.3 is 0 Å². The summed E-state index contributed by atoms with van der Waals surface area (Å²) < 4.78 is 7.08. The van der Waals surface area contributed by atoms with Gasteiger partial charge in [0, 0.05) is 21.2 Å². The predicted octanol–water partition coefficient (Wildman–Crippen LogP) is 5.52. The van der Waals surface area contributed by atoms with Crippen molar-refractivity contribution in [2.45, 2.75) is 49.9 Å². The van der Waals surface area contributed by atoms with Crippen molar-refractivity contribution in [3.63, 3.8) is 0 Å². The lowest BCUT2D eigenvalue weighted by Crippen LogP contribution is -2.35. The van der Waals surface area contributed by atoms with Gasteiger partial charge in [-0.15, -0.1) is 0 Å². The predicted molar refractivity (Wildman–Crippen MR) is 95.0 cm³/mol. The average molecular weight is 368 g/mol. The quantitative estimate of drug-likeness (QED) is 0.769. The summed E-state index contributed by atoms with van der Waals surface area (Å²) in [6.45, 7) is 2.20. The van der Waals surface area contributed by atoms with E-state index in [0.29, 0.717) is 6.04 Å². The fraction of sp³-hybridized carbons (Fsp3) is 0.529. The molecule has 1 heterocycles. The molecule has 1 saturated carbocycles. The first-order valence-corrected chi connectivity index (χ1v) is 9.71. The number of furan rings is 1. The molecule has 1 N–H and O–H groups in total. The maximum Gasteiger partial charge on any atom is 0.134 e. The largest absolute Gasteiger partial charge is 0.459 e. The number of thioether (sulfide) groups is 1. The zero-order valence-electron chi connectivity index (χ0n) is 12.6. The summed E-state index contributed by atoms with van der Waals surface area (Å²) in [6, 6.07) is 9.22. The van der Waals surface area contributed by atoms with Gasteiger partial charge in [-0.25, -0.2) is 0 Å². The molecule has 1 aromatic heterocycles. The first kappa shape index (κ1) is 15.4. The van der Waals surface area contributed by atoms with Crippen molar-refractivity contribution in [1.82, 2.24) is 5.32 Å². The topological polar surface area (TPSA) is 25.2 Å². The molecule has 0 saturated heterocycles. The molecule has 0 aliphatic heterocycles. The Kier molecular flexibility index (Phi) is 4.97. The van der Waals surface area contributed by atoms with Crippen LogP contribution in [0.2, 0.25) is 0 Å². The van der Waals surface area contributed by atoms with Crippen LogP contribution in [0.25, 0.3) is 11.0 Å². The molecule has 2 nitrogen and oxygen atoms in total. The molecule has 114 valence electrons. The average Bonchev–Trinajstić information content (AvgIpc) is 2.91. The summed E-state index contributed by atoms with van der Waals surface area (Å²) >= 11 is 5.53. The SMILES string of the molecule is CSC1CCC(NC(C)c2cc3cc(Br)ccc3o2)CC1. The number of halogens is 1. The molecule has 1 aliphatic rings. The molecular formula is C17H22BrNOS. The summed E-state index contributed by atoms with van der Waals surface area (Å²) in [7, 11) is 0. The first-order valence-electron chi connectivity index (χ1n) is 7.63. The Morgan fingerprint density at radius 2 is 2.00 bits per heavy atom. The Bertz CT molecular complexity index is 604. The molecule has 1 aliphatic carbocycles. The second kappa shape index (κ2) is 6.76. The van der Waals surface area contributed by atoms with Crippen molar-refractivity contribution in [3.05, 3.63) is 34.5 Å². The molecular weight excluding hydrogens is 346 g/mol. The number of rotatable bonds is 4. The summed E-state index contributed by atoms with van der Waals surface area (Å²) in [5.74, 6) is 1.04. The second-order valence-electron chi connectivity index (χ2n) is 5.93. The minimum absolute atomic E-state index is 0.270. The van der Waals surface area contributed by atoms with Crippen molar-refractivity contribution in [1.29, 1.82) is 0 Å². The van der Waals surface area contributed by atoms with Crippen LogP contribution in [0.15, 0.2) is 33.2 Å². The Morgan fingerprint density at radius 1 is 1.24 bits per heavy atom. The van der Waals surface area contributed by atoms with Gasteiger partial charge < -0.3 is 9.73 Å². The van der Waals surface area contributed by atoms with Gasteiger partial charge in [-0.2, -0.15) is 11.8 Å². The molecule has 3 rings (SSSR count). The Labute approximate surface area is 139 Å². The second-order valence-corrected chi connectivity index (χ2v) is 7.98. The third-order valence-corrected chi connectivity index (χ3v) is 6.05. The minimum atomic E-state index is 0.270. The van der Waals surface area contributed by atoms with E-state index in [9.17, 15) is 0 Å². The van der Waals surface area contributed by atoms with Crippen LogP contribution in [0.3, 0.4) is 0 Å². The van der Waals surface area contributed by atoms with Crippen LogP contribution in [0, 0.1) is 0 Å². The summed E-state index contributed by atoms with van der Waals surface area (Å²) in [4.78, 5) is 0. The van der Waals surface area contributed by atoms with Crippen molar-refractivity contribution in [3.8, 4) is 0 Å². The van der Waals surface area contributed by atoms with Crippen LogP contribution >= 0.6 is 27.7 Å². The molecule has 1 fully saturated rings. The third-order valence-electron chi connectivity index (χ3n) is 4.42. The van der Waals surface area contributed by atoms with Crippen LogP contribution in [0.5, 0.6) is 0 Å². The zero-order valence-corrected chi connectivity index (χ0v) is 15.0. The fourth-order valence-electron chi connectivity index (χ4n) is 3.15. The highest BCUT2D eigenvalue weighted by molar-refractivity contribution is 9.10. The molecule has 2 aromatic rings. The molecule has 0 spiro atoms. The van der Waals surface area contributed by atoms with Gasteiger partial charge in [0.25, 0.3) is 0 Å². The van der Waals surface area contributed by atoms with Gasteiger partial charge in [0.1, 0.15) is 11.3 Å². The molecule has 0 amide bonds. The highest BCUT2D eigenvalue weighted by Crippen LogP contribution is 2.30. The summed E-state index contributed by atoms with van der Waals surface area (Å²) in [6.07, 6.45) is 7.45. The maximum atomic E-state index is 5.98. The summed E-state index contributed by atoms with van der Waals surface area (Å²) in [5, 5.41) is 5.77. The Balaban J connectivity index is 1.65. The van der Waals surface area contributed by atoms with Crippen molar-refractivity contribution >= 4 is 38.7 Å². The van der Waals surface area contributed by atoms with E-state index in [0.717, 1.165) is 21.1 Å².